The maximum absolute atomic E-state index is 13.9. The molecule has 0 rings (SSSR count). The fraction of sp³-hybridized carbons (Fsp3) is 1.00. The van der Waals surface area contributed by atoms with E-state index in [2.05, 4.69) is 0 Å². The van der Waals surface area contributed by atoms with Crippen LogP contribution in [-0.4, -0.2) is 51.6 Å². The zero-order valence-electron chi connectivity index (χ0n) is 17.3. The molecule has 0 N–H and O–H groups in total. The minimum absolute atomic E-state index is 0.0681. The molecule has 18 heteroatoms. The van der Waals surface area contributed by atoms with Gasteiger partial charge in [0.2, 0.25) is 0 Å². The van der Waals surface area contributed by atoms with Crippen molar-refractivity contribution >= 4 is 22.6 Å². The van der Waals surface area contributed by atoms with Crippen LogP contribution >= 0.6 is 22.6 Å². The second kappa shape index (κ2) is 10.7. The van der Waals surface area contributed by atoms with Crippen molar-refractivity contribution in [1.82, 2.24) is 0 Å². The molecule has 1 atom stereocenters. The monoisotopic (exact) mass is 672 g/mol. The molecule has 0 aromatic rings. The standard InChI is InChI=1S/C17H18F17I/c1-2-3-4-5-6-7-9(35)8-10(18,19)11(20,21)12(22,23)13(24,25)14(26,27)15(28,29)16(30,31)17(32,33)34/h9H,2-8H2,1H3. The molecule has 35 heavy (non-hydrogen) atoms. The first-order valence-electron chi connectivity index (χ1n) is 9.56. The first-order chi connectivity index (χ1) is 15.2. The fourth-order valence-electron chi connectivity index (χ4n) is 2.67. The van der Waals surface area contributed by atoms with Crippen LogP contribution in [0.5, 0.6) is 0 Å². The molecule has 0 amide bonds. The first-order valence-corrected chi connectivity index (χ1v) is 10.8. The summed E-state index contributed by atoms with van der Waals surface area (Å²) in [6.07, 6.45) is -8.07. The van der Waals surface area contributed by atoms with Gasteiger partial charge in [-0.15, -0.1) is 0 Å². The van der Waals surface area contributed by atoms with Crippen LogP contribution in [0.15, 0.2) is 0 Å². The Morgan fingerprint density at radius 2 is 0.829 bits per heavy atom. The molecular weight excluding hydrogens is 654 g/mol. The predicted molar refractivity (Wildman–Crippen MR) is 96.5 cm³/mol. The summed E-state index contributed by atoms with van der Waals surface area (Å²) >= 11 is 1.03. The van der Waals surface area contributed by atoms with Gasteiger partial charge in [0.15, 0.2) is 0 Å². The Hall–Kier alpha value is -0.460. The lowest BCUT2D eigenvalue weighted by atomic mass is 9.87. The minimum Gasteiger partial charge on any atom is -0.200 e. The maximum atomic E-state index is 13.9. The molecular formula is C17H18F17I. The van der Waals surface area contributed by atoms with Gasteiger partial charge in [-0.3, -0.25) is 0 Å². The summed E-state index contributed by atoms with van der Waals surface area (Å²) in [5, 5.41) is 0. The molecule has 0 aromatic carbocycles. The van der Waals surface area contributed by atoms with Crippen LogP contribution in [0.25, 0.3) is 0 Å². The van der Waals surface area contributed by atoms with E-state index >= 15 is 0 Å². The highest BCUT2D eigenvalue weighted by Gasteiger charge is 2.95. The van der Waals surface area contributed by atoms with Crippen molar-refractivity contribution in [3.05, 3.63) is 0 Å². The van der Waals surface area contributed by atoms with Gasteiger partial charge in [-0.1, -0.05) is 61.6 Å². The fourth-order valence-corrected chi connectivity index (χ4v) is 3.67. The Morgan fingerprint density at radius 3 is 1.20 bits per heavy atom. The molecule has 0 heterocycles. The maximum Gasteiger partial charge on any atom is 0.460 e. The summed E-state index contributed by atoms with van der Waals surface area (Å²) in [6.45, 7) is 1.80. The van der Waals surface area contributed by atoms with E-state index in [1.165, 1.54) is 0 Å². The van der Waals surface area contributed by atoms with Crippen molar-refractivity contribution in [1.29, 1.82) is 0 Å². The summed E-state index contributed by atoms with van der Waals surface area (Å²) in [5.74, 6) is -55.8. The third kappa shape index (κ3) is 6.00. The number of hydrogen-bond acceptors (Lipinski definition) is 0. The molecule has 0 saturated carbocycles. The zero-order chi connectivity index (χ0) is 28.5. The van der Waals surface area contributed by atoms with Gasteiger partial charge in [0.1, 0.15) is 0 Å². The normalized spacial score (nSPS) is 16.5. The van der Waals surface area contributed by atoms with Crippen molar-refractivity contribution in [2.45, 2.75) is 103 Å². The number of hydrogen-bond donors (Lipinski definition) is 0. The average molecular weight is 672 g/mol. The molecule has 212 valence electrons. The molecule has 0 spiro atoms. The van der Waals surface area contributed by atoms with Crippen LogP contribution in [0, 0.1) is 0 Å². The van der Waals surface area contributed by atoms with E-state index in [1.807, 2.05) is 0 Å². The van der Waals surface area contributed by atoms with E-state index in [-0.39, 0.29) is 12.8 Å². The summed E-state index contributed by atoms with van der Waals surface area (Å²) < 4.78 is 223. The molecule has 0 nitrogen and oxygen atoms in total. The SMILES string of the molecule is CCCCCCCC(I)CC(F)(F)C(F)(F)C(F)(F)C(F)(F)C(F)(F)C(F)(F)C(F)(F)C(F)(F)F. The zero-order valence-corrected chi connectivity index (χ0v) is 19.5. The molecule has 0 aliphatic carbocycles. The number of halogens is 18. The van der Waals surface area contributed by atoms with Crippen LogP contribution in [0.1, 0.15) is 51.9 Å². The largest absolute Gasteiger partial charge is 0.460 e. The van der Waals surface area contributed by atoms with E-state index < -0.39 is 58.0 Å². The van der Waals surface area contributed by atoms with E-state index in [0.29, 0.717) is 19.3 Å². The Labute approximate surface area is 201 Å². The van der Waals surface area contributed by atoms with Gasteiger partial charge in [0.05, 0.1) is 0 Å². The van der Waals surface area contributed by atoms with Crippen molar-refractivity contribution in [2.24, 2.45) is 0 Å². The summed E-state index contributed by atoms with van der Waals surface area (Å²) in [7, 11) is 0. The molecule has 0 radical (unpaired) electrons. The summed E-state index contributed by atoms with van der Waals surface area (Å²) in [4.78, 5) is 0. The van der Waals surface area contributed by atoms with Crippen LogP contribution in [0.3, 0.4) is 0 Å². The van der Waals surface area contributed by atoms with Gasteiger partial charge in [-0.25, -0.2) is 0 Å². The van der Waals surface area contributed by atoms with Gasteiger partial charge in [-0.2, -0.15) is 74.6 Å². The van der Waals surface area contributed by atoms with Crippen molar-refractivity contribution in [3.63, 3.8) is 0 Å². The Kier molecular flexibility index (Phi) is 10.6. The van der Waals surface area contributed by atoms with Crippen molar-refractivity contribution in [3.8, 4) is 0 Å². The van der Waals surface area contributed by atoms with Crippen LogP contribution in [0.4, 0.5) is 74.6 Å². The second-order valence-corrected chi connectivity index (χ2v) is 9.41. The van der Waals surface area contributed by atoms with Crippen LogP contribution in [-0.2, 0) is 0 Å². The molecule has 0 bridgehead atoms. The van der Waals surface area contributed by atoms with Gasteiger partial charge in [-0.05, 0) is 6.42 Å². The third-order valence-corrected chi connectivity index (χ3v) is 5.95. The highest BCUT2D eigenvalue weighted by molar-refractivity contribution is 14.1. The average Bonchev–Trinajstić information content (AvgIpc) is 2.65. The smallest absolute Gasteiger partial charge is 0.200 e. The van der Waals surface area contributed by atoms with E-state index in [4.69, 9.17) is 0 Å². The quantitative estimate of drug-likeness (QED) is 0.0747. The molecule has 1 unspecified atom stereocenters. The molecule has 0 fully saturated rings. The van der Waals surface area contributed by atoms with E-state index in [1.54, 1.807) is 6.92 Å². The van der Waals surface area contributed by atoms with Gasteiger partial charge >= 0.3 is 47.6 Å². The third-order valence-electron chi connectivity index (χ3n) is 4.89. The highest BCUT2D eigenvalue weighted by atomic mass is 127. The lowest BCUT2D eigenvalue weighted by Crippen LogP contribution is -2.74. The molecule has 0 aromatic heterocycles. The lowest BCUT2D eigenvalue weighted by Gasteiger charge is -2.43. The second-order valence-electron chi connectivity index (χ2n) is 7.65. The Balaban J connectivity index is 6.13. The Bertz CT molecular complexity index is 683. The lowest BCUT2D eigenvalue weighted by molar-refractivity contribution is -0.461. The van der Waals surface area contributed by atoms with Crippen LogP contribution < -0.4 is 0 Å². The van der Waals surface area contributed by atoms with E-state index in [9.17, 15) is 74.6 Å². The van der Waals surface area contributed by atoms with Gasteiger partial charge in [0, 0.05) is 10.3 Å². The number of alkyl halides is 18. The van der Waals surface area contributed by atoms with Crippen molar-refractivity contribution < 1.29 is 74.6 Å². The van der Waals surface area contributed by atoms with Crippen LogP contribution in [0.2, 0.25) is 0 Å². The summed E-state index contributed by atoms with van der Waals surface area (Å²) in [6, 6.07) is 0. The minimum atomic E-state index is -8.58. The number of unbranched alkanes of at least 4 members (excludes halogenated alkanes) is 4. The van der Waals surface area contributed by atoms with Gasteiger partial charge < -0.3 is 0 Å². The van der Waals surface area contributed by atoms with E-state index in [0.717, 1.165) is 29.0 Å². The Morgan fingerprint density at radius 1 is 0.486 bits per heavy atom. The molecule has 0 saturated heterocycles. The van der Waals surface area contributed by atoms with Gasteiger partial charge in [0.25, 0.3) is 0 Å². The predicted octanol–water partition coefficient (Wildman–Crippen LogP) is 9.55. The number of rotatable bonds is 14. The molecule has 0 aliphatic heterocycles. The van der Waals surface area contributed by atoms with Crippen molar-refractivity contribution in [2.75, 3.05) is 0 Å². The summed E-state index contributed by atoms with van der Waals surface area (Å²) in [5.41, 5.74) is 0. The highest BCUT2D eigenvalue weighted by Crippen LogP contribution is 2.64. The topological polar surface area (TPSA) is 0 Å². The first kappa shape index (κ1) is 34.5. The molecule has 0 aliphatic rings.